The summed E-state index contributed by atoms with van der Waals surface area (Å²) in [6, 6.07) is 2.15. The van der Waals surface area contributed by atoms with E-state index < -0.39 is 0 Å². The second-order valence-electron chi connectivity index (χ2n) is 2.34. The van der Waals surface area contributed by atoms with Crippen LogP contribution in [-0.2, 0) is 0 Å². The van der Waals surface area contributed by atoms with Crippen LogP contribution in [0.2, 0.25) is 0 Å². The lowest BCUT2D eigenvalue weighted by Crippen LogP contribution is -2.21. The molecule has 0 rings (SSSR count). The first-order valence-electron chi connectivity index (χ1n) is 3.22. The molecule has 3 heteroatoms. The zero-order valence-corrected chi connectivity index (χ0v) is 6.70. The van der Waals surface area contributed by atoms with Crippen molar-refractivity contribution in [3.05, 3.63) is 0 Å². The third kappa shape index (κ3) is 3.90. The largest absolute Gasteiger partial charge is 0.365 e. The predicted molar refractivity (Wildman–Crippen MR) is 41.8 cm³/mol. The Hall–Kier alpha value is -1.04. The van der Waals surface area contributed by atoms with Crippen LogP contribution in [0.4, 0.5) is 0 Å². The molecule has 0 aromatic heterocycles. The maximum atomic E-state index is 8.43. The summed E-state index contributed by atoms with van der Waals surface area (Å²) < 4.78 is 0. The summed E-state index contributed by atoms with van der Waals surface area (Å²) in [6.07, 6.45) is 1.72. The van der Waals surface area contributed by atoms with Crippen LogP contribution >= 0.6 is 0 Å². The van der Waals surface area contributed by atoms with Gasteiger partial charge in [0.05, 0.1) is 18.3 Å². The summed E-state index contributed by atoms with van der Waals surface area (Å²) in [4.78, 5) is 5.71. The topological polar surface area (TPSA) is 39.4 Å². The summed E-state index contributed by atoms with van der Waals surface area (Å²) in [6.45, 7) is 2.63. The molecule has 0 spiro atoms. The minimum absolute atomic E-state index is 0.0722. The lowest BCUT2D eigenvalue weighted by atomic mass is 10.2. The molecule has 10 heavy (non-hydrogen) atoms. The van der Waals surface area contributed by atoms with Crippen molar-refractivity contribution in [3.8, 4) is 6.07 Å². The SMILES string of the molecule is CN=CN(C)CC(C)C#N. The lowest BCUT2D eigenvalue weighted by molar-refractivity contribution is 0.465. The van der Waals surface area contributed by atoms with Crippen LogP contribution in [0.15, 0.2) is 4.99 Å². The molecule has 0 saturated heterocycles. The molecule has 1 atom stereocenters. The highest BCUT2D eigenvalue weighted by Gasteiger charge is 1.99. The van der Waals surface area contributed by atoms with Crippen molar-refractivity contribution in [3.63, 3.8) is 0 Å². The molecule has 0 bridgehead atoms. The van der Waals surface area contributed by atoms with Crippen LogP contribution in [-0.4, -0.2) is 31.9 Å². The first-order chi connectivity index (χ1) is 4.70. The quantitative estimate of drug-likeness (QED) is 0.427. The molecule has 1 unspecified atom stereocenters. The number of hydrogen-bond donors (Lipinski definition) is 0. The highest BCUT2D eigenvalue weighted by molar-refractivity contribution is 5.54. The number of nitriles is 1. The lowest BCUT2D eigenvalue weighted by Gasteiger charge is -2.12. The number of aliphatic imine (C=N–C) groups is 1. The van der Waals surface area contributed by atoms with Gasteiger partial charge in [-0.2, -0.15) is 5.26 Å². The molecular weight excluding hydrogens is 126 g/mol. The van der Waals surface area contributed by atoms with Gasteiger partial charge in [-0.1, -0.05) is 0 Å². The van der Waals surface area contributed by atoms with Gasteiger partial charge in [0.1, 0.15) is 0 Å². The Balaban J connectivity index is 3.59. The molecule has 0 radical (unpaired) electrons. The Morgan fingerprint density at radius 3 is 2.80 bits per heavy atom. The molecule has 0 N–H and O–H groups in total. The minimum atomic E-state index is 0.0722. The Morgan fingerprint density at radius 2 is 2.40 bits per heavy atom. The monoisotopic (exact) mass is 139 g/mol. The van der Waals surface area contributed by atoms with Crippen molar-refractivity contribution in [1.29, 1.82) is 5.26 Å². The highest BCUT2D eigenvalue weighted by Crippen LogP contribution is 1.92. The Labute approximate surface area is 62.0 Å². The zero-order chi connectivity index (χ0) is 7.98. The first-order valence-corrected chi connectivity index (χ1v) is 3.22. The van der Waals surface area contributed by atoms with E-state index >= 15 is 0 Å². The van der Waals surface area contributed by atoms with Crippen molar-refractivity contribution in [2.75, 3.05) is 20.6 Å². The standard InChI is InChI=1S/C7H13N3/c1-7(4-8)5-10(3)6-9-2/h6-7H,5H2,1-3H3. The van der Waals surface area contributed by atoms with Gasteiger partial charge in [-0.25, -0.2) is 0 Å². The van der Waals surface area contributed by atoms with Crippen LogP contribution in [0, 0.1) is 17.2 Å². The van der Waals surface area contributed by atoms with Gasteiger partial charge in [-0.05, 0) is 6.92 Å². The average molecular weight is 139 g/mol. The fourth-order valence-corrected chi connectivity index (χ4v) is 0.717. The van der Waals surface area contributed by atoms with Crippen molar-refractivity contribution in [2.45, 2.75) is 6.92 Å². The van der Waals surface area contributed by atoms with Crippen molar-refractivity contribution >= 4 is 6.34 Å². The van der Waals surface area contributed by atoms with E-state index in [-0.39, 0.29) is 5.92 Å². The summed E-state index contributed by atoms with van der Waals surface area (Å²) in [5, 5.41) is 8.43. The van der Waals surface area contributed by atoms with Crippen molar-refractivity contribution in [2.24, 2.45) is 10.9 Å². The molecule has 0 aromatic carbocycles. The van der Waals surface area contributed by atoms with E-state index in [0.29, 0.717) is 0 Å². The number of rotatable bonds is 3. The average Bonchev–Trinajstić information content (AvgIpc) is 1.88. The Kier molecular flexibility index (Phi) is 4.30. The molecule has 3 nitrogen and oxygen atoms in total. The Bertz CT molecular complexity index is 145. The maximum Gasteiger partial charge on any atom is 0.0844 e. The number of nitrogens with zero attached hydrogens (tertiary/aromatic N) is 3. The van der Waals surface area contributed by atoms with Crippen LogP contribution < -0.4 is 0 Å². The molecule has 0 aliphatic rings. The van der Waals surface area contributed by atoms with Crippen LogP contribution in [0.3, 0.4) is 0 Å². The molecule has 0 amide bonds. The van der Waals surface area contributed by atoms with Crippen LogP contribution in [0.5, 0.6) is 0 Å². The summed E-state index contributed by atoms with van der Waals surface area (Å²) >= 11 is 0. The molecular formula is C7H13N3. The van der Waals surface area contributed by atoms with E-state index in [0.717, 1.165) is 6.54 Å². The fourth-order valence-electron chi connectivity index (χ4n) is 0.717. The molecule has 0 aromatic rings. The third-order valence-electron chi connectivity index (χ3n) is 1.09. The third-order valence-corrected chi connectivity index (χ3v) is 1.09. The molecule has 0 heterocycles. The van der Waals surface area contributed by atoms with Gasteiger partial charge in [0.2, 0.25) is 0 Å². The van der Waals surface area contributed by atoms with E-state index in [1.54, 1.807) is 13.4 Å². The van der Waals surface area contributed by atoms with Gasteiger partial charge in [0.25, 0.3) is 0 Å². The van der Waals surface area contributed by atoms with Crippen LogP contribution in [0.25, 0.3) is 0 Å². The predicted octanol–water partition coefficient (Wildman–Crippen LogP) is 0.736. The zero-order valence-electron chi connectivity index (χ0n) is 6.70. The fraction of sp³-hybridized carbons (Fsp3) is 0.714. The van der Waals surface area contributed by atoms with Gasteiger partial charge in [-0.3, -0.25) is 4.99 Å². The van der Waals surface area contributed by atoms with Gasteiger partial charge >= 0.3 is 0 Å². The van der Waals surface area contributed by atoms with Crippen molar-refractivity contribution in [1.82, 2.24) is 4.90 Å². The van der Waals surface area contributed by atoms with E-state index in [1.807, 2.05) is 18.9 Å². The summed E-state index contributed by atoms with van der Waals surface area (Å²) in [5.74, 6) is 0.0722. The highest BCUT2D eigenvalue weighted by atomic mass is 15.1. The van der Waals surface area contributed by atoms with Crippen LogP contribution in [0.1, 0.15) is 6.92 Å². The molecule has 0 fully saturated rings. The second kappa shape index (κ2) is 4.80. The summed E-state index contributed by atoms with van der Waals surface area (Å²) in [5.41, 5.74) is 0. The first kappa shape index (κ1) is 8.96. The Morgan fingerprint density at radius 1 is 1.80 bits per heavy atom. The van der Waals surface area contributed by atoms with Gasteiger partial charge in [0, 0.05) is 20.6 Å². The normalized spacial score (nSPS) is 13.0. The number of hydrogen-bond acceptors (Lipinski definition) is 2. The minimum Gasteiger partial charge on any atom is -0.365 e. The molecule has 0 aliphatic carbocycles. The van der Waals surface area contributed by atoms with E-state index in [2.05, 4.69) is 11.1 Å². The summed E-state index contributed by atoms with van der Waals surface area (Å²) in [7, 11) is 3.62. The van der Waals surface area contributed by atoms with Gasteiger partial charge in [0.15, 0.2) is 0 Å². The van der Waals surface area contributed by atoms with E-state index in [4.69, 9.17) is 5.26 Å². The van der Waals surface area contributed by atoms with Crippen molar-refractivity contribution < 1.29 is 0 Å². The smallest absolute Gasteiger partial charge is 0.0844 e. The molecule has 0 aliphatic heterocycles. The molecule has 0 saturated carbocycles. The second-order valence-corrected chi connectivity index (χ2v) is 2.34. The maximum absolute atomic E-state index is 8.43. The molecule has 56 valence electrons. The van der Waals surface area contributed by atoms with E-state index in [9.17, 15) is 0 Å². The van der Waals surface area contributed by atoms with Gasteiger partial charge < -0.3 is 4.90 Å². The van der Waals surface area contributed by atoms with E-state index in [1.165, 1.54) is 0 Å². The van der Waals surface area contributed by atoms with Gasteiger partial charge in [-0.15, -0.1) is 0 Å².